The molecule has 0 spiro atoms. The lowest BCUT2D eigenvalue weighted by Crippen LogP contribution is -2.44. The van der Waals surface area contributed by atoms with E-state index in [9.17, 15) is 14.7 Å². The van der Waals surface area contributed by atoms with Gasteiger partial charge >= 0.3 is 12.1 Å². The van der Waals surface area contributed by atoms with Crippen LogP contribution < -0.4 is 4.90 Å². The number of fused-ring (bicyclic) bond motifs is 1. The van der Waals surface area contributed by atoms with Crippen molar-refractivity contribution < 1.29 is 19.4 Å². The molecule has 0 saturated carbocycles. The van der Waals surface area contributed by atoms with Gasteiger partial charge in [-0.1, -0.05) is 30.3 Å². The number of benzene rings is 1. The topological polar surface area (TPSA) is 92.6 Å². The molecule has 8 heteroatoms. The first-order chi connectivity index (χ1) is 12.9. The number of carboxylic acids is 1. The highest BCUT2D eigenvalue weighted by atomic mass is 32.1. The highest BCUT2D eigenvalue weighted by Crippen LogP contribution is 2.35. The van der Waals surface area contributed by atoms with E-state index in [1.165, 1.54) is 24.6 Å². The first kappa shape index (κ1) is 18.8. The van der Waals surface area contributed by atoms with Gasteiger partial charge in [0, 0.05) is 4.88 Å². The Labute approximate surface area is 160 Å². The Bertz CT molecular complexity index is 987. The zero-order chi connectivity index (χ0) is 19.6. The van der Waals surface area contributed by atoms with Crippen molar-refractivity contribution in [3.63, 3.8) is 0 Å². The highest BCUT2D eigenvalue weighted by molar-refractivity contribution is 7.18. The molecule has 7 nitrogen and oxygen atoms in total. The van der Waals surface area contributed by atoms with Crippen molar-refractivity contribution in [2.45, 2.75) is 33.4 Å². The molecule has 0 aliphatic rings. The van der Waals surface area contributed by atoms with Crippen LogP contribution in [0.2, 0.25) is 0 Å². The number of aryl methyl sites for hydroxylation is 2. The summed E-state index contributed by atoms with van der Waals surface area (Å²) in [5.74, 6) is -0.905. The molecule has 3 rings (SSSR count). The summed E-state index contributed by atoms with van der Waals surface area (Å²) in [6, 6.07) is 8.05. The number of ether oxygens (including phenoxy) is 1. The molecule has 27 heavy (non-hydrogen) atoms. The second-order valence-electron chi connectivity index (χ2n) is 6.09. The van der Waals surface area contributed by atoms with Crippen molar-refractivity contribution >= 4 is 39.4 Å². The van der Waals surface area contributed by atoms with Gasteiger partial charge in [0.05, 0.1) is 5.39 Å². The third kappa shape index (κ3) is 3.75. The van der Waals surface area contributed by atoms with Crippen molar-refractivity contribution in [1.29, 1.82) is 0 Å². The van der Waals surface area contributed by atoms with Gasteiger partial charge in [-0.3, -0.25) is 0 Å². The summed E-state index contributed by atoms with van der Waals surface area (Å²) in [7, 11) is 0. The Morgan fingerprint density at radius 1 is 1.22 bits per heavy atom. The molecule has 0 aliphatic heterocycles. The number of anilines is 1. The third-order valence-corrected chi connectivity index (χ3v) is 5.44. The van der Waals surface area contributed by atoms with Gasteiger partial charge in [-0.25, -0.2) is 24.5 Å². The molecule has 2 aromatic heterocycles. The Hall–Kier alpha value is -3.00. The minimum Gasteiger partial charge on any atom is -0.480 e. The van der Waals surface area contributed by atoms with E-state index in [2.05, 4.69) is 9.97 Å². The number of carbonyl (C=O) groups is 2. The van der Waals surface area contributed by atoms with Gasteiger partial charge in [-0.05, 0) is 31.9 Å². The molecule has 0 bridgehead atoms. The van der Waals surface area contributed by atoms with Crippen LogP contribution in [0.1, 0.15) is 22.9 Å². The van der Waals surface area contributed by atoms with Crippen LogP contribution in [-0.4, -0.2) is 33.2 Å². The zero-order valence-electron chi connectivity index (χ0n) is 15.2. The molecule has 140 valence electrons. The van der Waals surface area contributed by atoms with E-state index in [-0.39, 0.29) is 12.4 Å². The highest BCUT2D eigenvalue weighted by Gasteiger charge is 2.32. The van der Waals surface area contributed by atoms with Gasteiger partial charge in [0.1, 0.15) is 23.8 Å². The van der Waals surface area contributed by atoms with Crippen molar-refractivity contribution in [1.82, 2.24) is 9.97 Å². The van der Waals surface area contributed by atoms with Gasteiger partial charge < -0.3 is 9.84 Å². The molecular weight excluding hydrogens is 366 g/mol. The molecule has 1 N–H and O–H groups in total. The molecule has 2 heterocycles. The lowest BCUT2D eigenvalue weighted by atomic mass is 10.2. The van der Waals surface area contributed by atoms with Crippen molar-refractivity contribution in [3.8, 4) is 0 Å². The fourth-order valence-corrected chi connectivity index (χ4v) is 3.67. The molecule has 0 aliphatic carbocycles. The predicted octanol–water partition coefficient (Wildman–Crippen LogP) is 3.92. The molecule has 1 amide bonds. The Balaban J connectivity index is 1.99. The number of carboxylic acid groups (broad SMARTS) is 1. The van der Waals surface area contributed by atoms with Gasteiger partial charge in [0.2, 0.25) is 0 Å². The third-order valence-electron chi connectivity index (χ3n) is 4.32. The van der Waals surface area contributed by atoms with Crippen LogP contribution in [0.25, 0.3) is 10.2 Å². The number of thiophene rings is 1. The summed E-state index contributed by atoms with van der Waals surface area (Å²) in [5, 5.41) is 10.2. The van der Waals surface area contributed by atoms with Crippen molar-refractivity contribution in [3.05, 3.63) is 52.7 Å². The quantitative estimate of drug-likeness (QED) is 0.715. The van der Waals surface area contributed by atoms with E-state index in [0.29, 0.717) is 10.2 Å². The number of nitrogens with zero attached hydrogens (tertiary/aromatic N) is 3. The SMILES string of the molecule is Cc1sc2ncnc(N(C(=O)OCc3ccccc3)[C@H](C)C(=O)O)c2c1C. The van der Waals surface area contributed by atoms with Gasteiger partial charge in [0.25, 0.3) is 0 Å². The van der Waals surface area contributed by atoms with Crippen LogP contribution in [0.15, 0.2) is 36.7 Å². The monoisotopic (exact) mass is 385 g/mol. The standard InChI is InChI=1S/C19H19N3O4S/c1-11-13(3)27-17-15(11)16(20-10-21-17)22(12(2)18(23)24)19(25)26-9-14-7-5-4-6-8-14/h4-8,10,12H,9H2,1-3H3,(H,23,24)/t12-/m1/s1. The molecule has 0 saturated heterocycles. The average molecular weight is 385 g/mol. The maximum Gasteiger partial charge on any atom is 0.416 e. The number of hydrogen-bond donors (Lipinski definition) is 1. The van der Waals surface area contributed by atoms with Gasteiger partial charge in [-0.15, -0.1) is 11.3 Å². The fraction of sp³-hybridized carbons (Fsp3) is 0.263. The van der Waals surface area contributed by atoms with E-state index >= 15 is 0 Å². The second-order valence-corrected chi connectivity index (χ2v) is 7.29. The molecule has 0 fully saturated rings. The fourth-order valence-electron chi connectivity index (χ4n) is 2.67. The molecular formula is C19H19N3O4S. The summed E-state index contributed by atoms with van der Waals surface area (Å²) in [4.78, 5) is 35.7. The van der Waals surface area contributed by atoms with Crippen LogP contribution in [0.5, 0.6) is 0 Å². The lowest BCUT2D eigenvalue weighted by Gasteiger charge is -2.25. The van der Waals surface area contributed by atoms with Crippen molar-refractivity contribution in [2.24, 2.45) is 0 Å². The Kier molecular flexibility index (Phi) is 5.36. The Morgan fingerprint density at radius 3 is 2.59 bits per heavy atom. The molecule has 0 unspecified atom stereocenters. The summed E-state index contributed by atoms with van der Waals surface area (Å²) in [5.41, 5.74) is 1.73. The summed E-state index contributed by atoms with van der Waals surface area (Å²) in [6.07, 6.45) is 0.566. The van der Waals surface area contributed by atoms with Crippen molar-refractivity contribution in [2.75, 3.05) is 4.90 Å². The Morgan fingerprint density at radius 2 is 1.93 bits per heavy atom. The number of amides is 1. The normalized spacial score (nSPS) is 12.0. The number of aliphatic carboxylic acids is 1. The predicted molar refractivity (Wildman–Crippen MR) is 103 cm³/mol. The second kappa shape index (κ2) is 7.71. The van der Waals surface area contributed by atoms with Crippen LogP contribution in [0.3, 0.4) is 0 Å². The van der Waals surface area contributed by atoms with Crippen LogP contribution >= 0.6 is 11.3 Å². The zero-order valence-corrected chi connectivity index (χ0v) is 16.0. The molecule has 1 aromatic carbocycles. The summed E-state index contributed by atoms with van der Waals surface area (Å²) < 4.78 is 5.38. The van der Waals surface area contributed by atoms with Crippen LogP contribution in [0.4, 0.5) is 10.6 Å². The maximum atomic E-state index is 12.8. The largest absolute Gasteiger partial charge is 0.480 e. The van der Waals surface area contributed by atoms with E-state index in [4.69, 9.17) is 4.74 Å². The van der Waals surface area contributed by atoms with E-state index < -0.39 is 18.1 Å². The molecule has 3 aromatic rings. The lowest BCUT2D eigenvalue weighted by molar-refractivity contribution is -0.138. The summed E-state index contributed by atoms with van der Waals surface area (Å²) in [6.45, 7) is 5.32. The smallest absolute Gasteiger partial charge is 0.416 e. The first-order valence-electron chi connectivity index (χ1n) is 8.33. The van der Waals surface area contributed by atoms with E-state index in [1.54, 1.807) is 0 Å². The maximum absolute atomic E-state index is 12.8. The van der Waals surface area contributed by atoms with E-state index in [1.807, 2.05) is 44.2 Å². The number of carbonyl (C=O) groups excluding carboxylic acids is 1. The van der Waals surface area contributed by atoms with Gasteiger partial charge in [0.15, 0.2) is 5.82 Å². The number of rotatable bonds is 5. The van der Waals surface area contributed by atoms with Crippen LogP contribution in [-0.2, 0) is 16.1 Å². The molecule has 1 atom stereocenters. The minimum atomic E-state index is -1.15. The average Bonchev–Trinajstić information content (AvgIpc) is 2.95. The first-order valence-corrected chi connectivity index (χ1v) is 9.15. The number of aromatic nitrogens is 2. The van der Waals surface area contributed by atoms with Gasteiger partial charge in [-0.2, -0.15) is 0 Å². The number of hydrogen-bond acceptors (Lipinski definition) is 6. The summed E-state index contributed by atoms with van der Waals surface area (Å²) >= 11 is 1.48. The van der Waals surface area contributed by atoms with E-state index in [0.717, 1.165) is 20.9 Å². The minimum absolute atomic E-state index is 0.0401. The molecule has 0 radical (unpaired) electrons. The van der Waals surface area contributed by atoms with Crippen LogP contribution in [0, 0.1) is 13.8 Å².